The Morgan fingerprint density at radius 3 is 1.95 bits per heavy atom. The fourth-order valence-corrected chi connectivity index (χ4v) is 2.82. The Morgan fingerprint density at radius 1 is 0.909 bits per heavy atom. The lowest BCUT2D eigenvalue weighted by atomic mass is 9.90. The summed E-state index contributed by atoms with van der Waals surface area (Å²) in [5, 5.41) is 8.93. The van der Waals surface area contributed by atoms with Crippen molar-refractivity contribution >= 4 is 0 Å². The molecule has 0 bridgehead atoms. The Balaban J connectivity index is 4.15. The minimum absolute atomic E-state index is 0.00239. The van der Waals surface area contributed by atoms with Gasteiger partial charge in [0.1, 0.15) is 0 Å². The van der Waals surface area contributed by atoms with Crippen molar-refractivity contribution in [1.82, 2.24) is 0 Å². The topological polar surface area (TPSA) is 47.9 Å². The predicted octanol–water partition coefficient (Wildman–Crippen LogP) is 3.80. The van der Waals surface area contributed by atoms with E-state index in [2.05, 4.69) is 34.6 Å². The number of rotatable bonds is 13. The highest BCUT2D eigenvalue weighted by Gasteiger charge is 2.27. The highest BCUT2D eigenvalue weighted by molar-refractivity contribution is 4.77. The van der Waals surface area contributed by atoms with E-state index in [0.717, 1.165) is 19.3 Å². The van der Waals surface area contributed by atoms with E-state index < -0.39 is 0 Å². The molecule has 0 saturated heterocycles. The maximum Gasteiger partial charge on any atom is 0.0788 e. The van der Waals surface area contributed by atoms with Gasteiger partial charge in [0.25, 0.3) is 0 Å². The molecule has 0 aliphatic rings. The first-order valence-corrected chi connectivity index (χ1v) is 8.74. The zero-order valence-corrected chi connectivity index (χ0v) is 15.7. The zero-order chi connectivity index (χ0) is 17.2. The lowest BCUT2D eigenvalue weighted by molar-refractivity contribution is -0.131. The van der Waals surface area contributed by atoms with Gasteiger partial charge in [0.05, 0.1) is 43.7 Å². The smallest absolute Gasteiger partial charge is 0.0788 e. The molecule has 0 rings (SSSR count). The van der Waals surface area contributed by atoms with Crippen LogP contribution in [0.5, 0.6) is 0 Å². The second-order valence-electron chi connectivity index (χ2n) is 7.20. The maximum atomic E-state index is 8.93. The van der Waals surface area contributed by atoms with Crippen molar-refractivity contribution in [3.63, 3.8) is 0 Å². The molecule has 4 unspecified atom stereocenters. The van der Waals surface area contributed by atoms with Crippen LogP contribution in [0.2, 0.25) is 0 Å². The standard InChI is InChI=1S/C18H38O4/c1-8-9-18(7,10-14(2)3)22-17(6)13-21-16(5)12-20-15(4)11-19/h14-17,19H,8-13H2,1-7H3. The summed E-state index contributed by atoms with van der Waals surface area (Å²) >= 11 is 0. The number of hydrogen-bond acceptors (Lipinski definition) is 4. The molecule has 0 saturated carbocycles. The van der Waals surface area contributed by atoms with Gasteiger partial charge in [-0.1, -0.05) is 27.2 Å². The quantitative estimate of drug-likeness (QED) is 0.561. The minimum Gasteiger partial charge on any atom is -0.394 e. The average molecular weight is 318 g/mol. The van der Waals surface area contributed by atoms with Crippen LogP contribution in [0.25, 0.3) is 0 Å². The van der Waals surface area contributed by atoms with E-state index in [1.807, 2.05) is 13.8 Å². The van der Waals surface area contributed by atoms with Crippen molar-refractivity contribution in [2.24, 2.45) is 5.92 Å². The number of aliphatic hydroxyl groups is 1. The molecule has 22 heavy (non-hydrogen) atoms. The molecule has 0 heterocycles. The van der Waals surface area contributed by atoms with Gasteiger partial charge in [0, 0.05) is 0 Å². The molecule has 0 aromatic carbocycles. The minimum atomic E-state index is -0.140. The number of ether oxygens (including phenoxy) is 3. The summed E-state index contributed by atoms with van der Waals surface area (Å²) in [5.74, 6) is 0.622. The molecule has 0 fully saturated rings. The van der Waals surface area contributed by atoms with Crippen molar-refractivity contribution in [2.45, 2.75) is 91.6 Å². The summed E-state index contributed by atoms with van der Waals surface area (Å²) in [4.78, 5) is 0. The van der Waals surface area contributed by atoms with E-state index in [9.17, 15) is 0 Å². The summed E-state index contributed by atoms with van der Waals surface area (Å²) < 4.78 is 17.5. The van der Waals surface area contributed by atoms with Gasteiger partial charge in [0.2, 0.25) is 0 Å². The first-order chi connectivity index (χ1) is 10.2. The summed E-state index contributed by atoms with van der Waals surface area (Å²) in [7, 11) is 0. The van der Waals surface area contributed by atoms with Crippen LogP contribution in [-0.2, 0) is 14.2 Å². The molecule has 0 radical (unpaired) electrons. The van der Waals surface area contributed by atoms with E-state index in [1.54, 1.807) is 0 Å². The third-order valence-electron chi connectivity index (χ3n) is 3.59. The third-order valence-corrected chi connectivity index (χ3v) is 3.59. The molecule has 0 aliphatic carbocycles. The fourth-order valence-electron chi connectivity index (χ4n) is 2.82. The van der Waals surface area contributed by atoms with Gasteiger partial charge in [-0.05, 0) is 46.5 Å². The van der Waals surface area contributed by atoms with Crippen LogP contribution in [0, 0.1) is 5.92 Å². The molecular formula is C18H38O4. The molecule has 4 nitrogen and oxygen atoms in total. The van der Waals surface area contributed by atoms with Gasteiger partial charge < -0.3 is 19.3 Å². The Kier molecular flexibility index (Phi) is 11.3. The predicted molar refractivity (Wildman–Crippen MR) is 91.2 cm³/mol. The van der Waals surface area contributed by atoms with E-state index in [4.69, 9.17) is 19.3 Å². The number of aliphatic hydroxyl groups excluding tert-OH is 1. The lowest BCUT2D eigenvalue weighted by Crippen LogP contribution is -2.36. The molecule has 0 aromatic heterocycles. The molecule has 0 aromatic rings. The van der Waals surface area contributed by atoms with Crippen LogP contribution in [0.4, 0.5) is 0 Å². The molecule has 1 N–H and O–H groups in total. The van der Waals surface area contributed by atoms with Crippen molar-refractivity contribution in [1.29, 1.82) is 0 Å². The van der Waals surface area contributed by atoms with E-state index in [-0.39, 0.29) is 30.5 Å². The molecule has 0 spiro atoms. The van der Waals surface area contributed by atoms with Crippen LogP contribution in [0.1, 0.15) is 67.7 Å². The monoisotopic (exact) mass is 318 g/mol. The van der Waals surface area contributed by atoms with Crippen molar-refractivity contribution in [2.75, 3.05) is 19.8 Å². The van der Waals surface area contributed by atoms with E-state index in [1.165, 1.54) is 0 Å². The van der Waals surface area contributed by atoms with Crippen LogP contribution in [-0.4, -0.2) is 48.8 Å². The first kappa shape index (κ1) is 21.8. The van der Waals surface area contributed by atoms with Crippen LogP contribution >= 0.6 is 0 Å². The van der Waals surface area contributed by atoms with Crippen LogP contribution < -0.4 is 0 Å². The van der Waals surface area contributed by atoms with Crippen molar-refractivity contribution < 1.29 is 19.3 Å². The Bertz CT molecular complexity index is 270. The van der Waals surface area contributed by atoms with Crippen LogP contribution in [0.3, 0.4) is 0 Å². The van der Waals surface area contributed by atoms with E-state index in [0.29, 0.717) is 19.1 Å². The van der Waals surface area contributed by atoms with E-state index >= 15 is 0 Å². The SMILES string of the molecule is CCCC(C)(CC(C)C)OC(C)COC(C)COC(C)CO. The second-order valence-corrected chi connectivity index (χ2v) is 7.20. The highest BCUT2D eigenvalue weighted by Crippen LogP contribution is 2.27. The second kappa shape index (κ2) is 11.4. The van der Waals surface area contributed by atoms with Gasteiger partial charge >= 0.3 is 0 Å². The summed E-state index contributed by atoms with van der Waals surface area (Å²) in [6.45, 7) is 15.9. The Labute approximate surface area is 137 Å². The zero-order valence-electron chi connectivity index (χ0n) is 15.7. The summed E-state index contributed by atoms with van der Waals surface area (Å²) in [6, 6.07) is 0. The maximum absolute atomic E-state index is 8.93. The molecule has 134 valence electrons. The van der Waals surface area contributed by atoms with Crippen molar-refractivity contribution in [3.05, 3.63) is 0 Å². The van der Waals surface area contributed by atoms with Gasteiger partial charge in [-0.2, -0.15) is 0 Å². The normalized spacial score (nSPS) is 19.0. The van der Waals surface area contributed by atoms with Gasteiger partial charge in [-0.25, -0.2) is 0 Å². The summed E-state index contributed by atoms with van der Waals surface area (Å²) in [5.41, 5.74) is -0.0726. The first-order valence-electron chi connectivity index (χ1n) is 8.74. The Morgan fingerprint density at radius 2 is 1.45 bits per heavy atom. The van der Waals surface area contributed by atoms with Gasteiger partial charge in [-0.15, -0.1) is 0 Å². The summed E-state index contributed by atoms with van der Waals surface area (Å²) in [6.07, 6.45) is 3.19. The molecule has 0 amide bonds. The lowest BCUT2D eigenvalue weighted by Gasteiger charge is -2.34. The number of hydrogen-bond donors (Lipinski definition) is 1. The largest absolute Gasteiger partial charge is 0.394 e. The van der Waals surface area contributed by atoms with Crippen LogP contribution in [0.15, 0.2) is 0 Å². The molecule has 4 atom stereocenters. The fraction of sp³-hybridized carbons (Fsp3) is 1.00. The third kappa shape index (κ3) is 10.5. The Hall–Kier alpha value is -0.160. The molecule has 4 heteroatoms. The van der Waals surface area contributed by atoms with Gasteiger partial charge in [-0.3, -0.25) is 0 Å². The van der Waals surface area contributed by atoms with Gasteiger partial charge in [0.15, 0.2) is 0 Å². The average Bonchev–Trinajstić information content (AvgIpc) is 2.41. The van der Waals surface area contributed by atoms with Crippen molar-refractivity contribution in [3.8, 4) is 0 Å². The molecule has 0 aliphatic heterocycles. The highest BCUT2D eigenvalue weighted by atomic mass is 16.6. The molecular weight excluding hydrogens is 280 g/mol.